The molecule has 0 unspecified atom stereocenters. The maximum absolute atomic E-state index is 14.2. The number of hydrogen-bond acceptors (Lipinski definition) is 8. The van der Waals surface area contributed by atoms with Crippen LogP contribution >= 0.6 is 0 Å². The lowest BCUT2D eigenvalue weighted by molar-refractivity contribution is 0.0600. The number of piperidine rings is 1. The Kier molecular flexibility index (Phi) is 8.80. The van der Waals surface area contributed by atoms with E-state index in [1.807, 2.05) is 37.3 Å². The van der Waals surface area contributed by atoms with E-state index in [0.29, 0.717) is 23.4 Å². The van der Waals surface area contributed by atoms with Gasteiger partial charge in [0.25, 0.3) is 0 Å². The number of imidazole rings is 1. The summed E-state index contributed by atoms with van der Waals surface area (Å²) in [5.41, 5.74) is 3.71. The number of hydrogen-bond donors (Lipinski definition) is 0. The molecular formula is C35H35FN4O5. The molecule has 10 heteroatoms. The molecule has 2 fully saturated rings. The van der Waals surface area contributed by atoms with E-state index in [2.05, 4.69) is 4.90 Å². The lowest BCUT2D eigenvalue weighted by Crippen LogP contribution is -2.39. The number of methoxy groups -OCH3 is 1. The zero-order chi connectivity index (χ0) is 31.5. The molecule has 2 heterocycles. The number of nitrogens with zero attached hydrogens (tertiary/aromatic N) is 4. The lowest BCUT2D eigenvalue weighted by Gasteiger charge is -2.32. The second kappa shape index (κ2) is 13.1. The Labute approximate surface area is 261 Å². The van der Waals surface area contributed by atoms with Crippen LogP contribution in [0.3, 0.4) is 0 Å². The summed E-state index contributed by atoms with van der Waals surface area (Å²) in [6.45, 7) is 4.14. The highest BCUT2D eigenvalue weighted by atomic mass is 19.1. The summed E-state index contributed by atoms with van der Waals surface area (Å²) in [5, 5.41) is 8.93. The van der Waals surface area contributed by atoms with Crippen molar-refractivity contribution in [3.8, 4) is 17.6 Å². The van der Waals surface area contributed by atoms with Crippen molar-refractivity contribution in [3.63, 3.8) is 0 Å². The molecule has 232 valence electrons. The van der Waals surface area contributed by atoms with Crippen LogP contribution in [0, 0.1) is 30.0 Å². The number of halogens is 1. The molecule has 9 nitrogen and oxygen atoms in total. The second-order valence-corrected chi connectivity index (χ2v) is 11.8. The van der Waals surface area contributed by atoms with Crippen LogP contribution < -0.4 is 9.47 Å². The van der Waals surface area contributed by atoms with E-state index >= 15 is 0 Å². The van der Waals surface area contributed by atoms with E-state index in [1.54, 1.807) is 16.7 Å². The van der Waals surface area contributed by atoms with E-state index in [9.17, 15) is 14.0 Å². The third-order valence-electron chi connectivity index (χ3n) is 8.67. The van der Waals surface area contributed by atoms with Gasteiger partial charge < -0.3 is 14.2 Å². The summed E-state index contributed by atoms with van der Waals surface area (Å²) in [6.07, 6.45) is 4.42. The zero-order valence-electron chi connectivity index (χ0n) is 25.4. The van der Waals surface area contributed by atoms with Crippen molar-refractivity contribution in [2.45, 2.75) is 58.3 Å². The summed E-state index contributed by atoms with van der Waals surface area (Å²) >= 11 is 0. The number of fused-ring (bicyclic) bond motifs is 1. The van der Waals surface area contributed by atoms with Crippen molar-refractivity contribution in [2.24, 2.45) is 5.92 Å². The van der Waals surface area contributed by atoms with Gasteiger partial charge in [-0.2, -0.15) is 5.26 Å². The number of ether oxygens (including phenoxy) is 3. The fraction of sp³-hybridized carbons (Fsp3) is 0.371. The number of esters is 1. The zero-order valence-corrected chi connectivity index (χ0v) is 25.4. The Morgan fingerprint density at radius 2 is 1.87 bits per heavy atom. The van der Waals surface area contributed by atoms with Gasteiger partial charge in [-0.3, -0.25) is 14.3 Å². The summed E-state index contributed by atoms with van der Waals surface area (Å²) in [6, 6.07) is 17.1. The molecule has 45 heavy (non-hydrogen) atoms. The van der Waals surface area contributed by atoms with Crippen molar-refractivity contribution < 1.29 is 28.2 Å². The highest BCUT2D eigenvalue weighted by molar-refractivity contribution is 5.99. The smallest absolute Gasteiger partial charge is 0.337 e. The van der Waals surface area contributed by atoms with Crippen LogP contribution in [0.1, 0.15) is 69.8 Å². The van der Waals surface area contributed by atoms with Crippen LogP contribution in [0.15, 0.2) is 54.6 Å². The number of rotatable bonds is 9. The molecule has 0 bridgehead atoms. The SMILES string of the molecule is COC(=O)c1cc(C)c2nc(CN3CCC(Oc4cccc(COc5ccc(C#N)cc5F)c4)CC3)n(C(=O)C3CCC3)c2c1. The second-order valence-electron chi connectivity index (χ2n) is 11.8. The van der Waals surface area contributed by atoms with Crippen molar-refractivity contribution >= 4 is 22.9 Å². The van der Waals surface area contributed by atoms with Gasteiger partial charge in [0, 0.05) is 19.0 Å². The third kappa shape index (κ3) is 6.54. The molecular weight excluding hydrogens is 575 g/mol. The summed E-state index contributed by atoms with van der Waals surface area (Å²) < 4.78 is 32.8. The minimum atomic E-state index is -0.572. The third-order valence-corrected chi connectivity index (χ3v) is 8.67. The predicted molar refractivity (Wildman–Crippen MR) is 165 cm³/mol. The first-order chi connectivity index (χ1) is 21.8. The molecule has 0 atom stereocenters. The summed E-state index contributed by atoms with van der Waals surface area (Å²) in [5.74, 6) is 0.519. The predicted octanol–water partition coefficient (Wildman–Crippen LogP) is 6.20. The number of likely N-dealkylation sites (tertiary alicyclic amines) is 1. The Morgan fingerprint density at radius 1 is 1.07 bits per heavy atom. The monoisotopic (exact) mass is 610 g/mol. The van der Waals surface area contributed by atoms with Crippen LogP contribution in [-0.4, -0.2) is 52.6 Å². The largest absolute Gasteiger partial charge is 0.490 e. The lowest BCUT2D eigenvalue weighted by atomic mass is 9.84. The highest BCUT2D eigenvalue weighted by Gasteiger charge is 2.31. The fourth-order valence-electron chi connectivity index (χ4n) is 5.96. The van der Waals surface area contributed by atoms with Crippen molar-refractivity contribution in [3.05, 3.63) is 88.5 Å². The first-order valence-corrected chi connectivity index (χ1v) is 15.3. The van der Waals surface area contributed by atoms with Gasteiger partial charge in [0.2, 0.25) is 5.91 Å². The molecule has 2 aliphatic rings. The Bertz CT molecular complexity index is 1780. The standard InChI is InChI=1S/C35H35FN4O5/c1-22-15-26(35(42)43-2)18-30-33(22)38-32(40(30)34(41)25-6-4-7-25)20-39-13-11-27(12-14-39)45-28-8-3-5-24(16-28)21-44-31-10-9-23(19-37)17-29(31)36/h3,5,8-10,15-18,25,27H,4,6-7,11-14,20-21H2,1-2H3. The number of carbonyl (C=O) groups excluding carboxylic acids is 2. The maximum Gasteiger partial charge on any atom is 0.337 e. The quantitative estimate of drug-likeness (QED) is 0.206. The van der Waals surface area contributed by atoms with Gasteiger partial charge in [-0.1, -0.05) is 18.6 Å². The van der Waals surface area contributed by atoms with E-state index in [4.69, 9.17) is 24.5 Å². The van der Waals surface area contributed by atoms with Crippen molar-refractivity contribution in [1.29, 1.82) is 5.26 Å². The van der Waals surface area contributed by atoms with Crippen LogP contribution in [0.2, 0.25) is 0 Å². The van der Waals surface area contributed by atoms with Gasteiger partial charge in [0.15, 0.2) is 11.6 Å². The maximum atomic E-state index is 14.2. The average molecular weight is 611 g/mol. The molecule has 0 amide bonds. The Balaban J connectivity index is 1.10. The molecule has 1 saturated heterocycles. The topological polar surface area (TPSA) is 107 Å². The summed E-state index contributed by atoms with van der Waals surface area (Å²) in [4.78, 5) is 33.1. The van der Waals surface area contributed by atoms with Crippen LogP contribution in [0.25, 0.3) is 11.0 Å². The van der Waals surface area contributed by atoms with E-state index in [-0.39, 0.29) is 35.8 Å². The van der Waals surface area contributed by atoms with Gasteiger partial charge in [-0.05, 0) is 86.2 Å². The highest BCUT2D eigenvalue weighted by Crippen LogP contribution is 2.32. The molecule has 0 N–H and O–H groups in total. The molecule has 1 aromatic heterocycles. The molecule has 0 spiro atoms. The van der Waals surface area contributed by atoms with E-state index < -0.39 is 11.8 Å². The molecule has 6 rings (SSSR count). The minimum Gasteiger partial charge on any atom is -0.490 e. The number of aromatic nitrogens is 2. The van der Waals surface area contributed by atoms with Crippen molar-refractivity contribution in [1.82, 2.24) is 14.5 Å². The summed E-state index contributed by atoms with van der Waals surface area (Å²) in [7, 11) is 1.35. The minimum absolute atomic E-state index is 0.0216. The van der Waals surface area contributed by atoms with Gasteiger partial charge >= 0.3 is 5.97 Å². The molecule has 1 aliphatic carbocycles. The van der Waals surface area contributed by atoms with Gasteiger partial charge in [-0.15, -0.1) is 0 Å². The fourth-order valence-corrected chi connectivity index (χ4v) is 5.96. The average Bonchev–Trinajstić information content (AvgIpc) is 3.38. The Morgan fingerprint density at radius 3 is 2.56 bits per heavy atom. The number of aryl methyl sites for hydroxylation is 1. The number of benzene rings is 3. The first kappa shape index (κ1) is 30.3. The normalized spacial score (nSPS) is 15.8. The molecule has 1 saturated carbocycles. The molecule has 3 aromatic carbocycles. The van der Waals surface area contributed by atoms with Crippen molar-refractivity contribution in [2.75, 3.05) is 20.2 Å². The molecule has 1 aliphatic heterocycles. The van der Waals surface area contributed by atoms with Gasteiger partial charge in [0.1, 0.15) is 24.3 Å². The Hall–Kier alpha value is -4.75. The van der Waals surface area contributed by atoms with E-state index in [0.717, 1.165) is 73.7 Å². The first-order valence-electron chi connectivity index (χ1n) is 15.3. The number of carbonyl (C=O) groups is 2. The molecule has 0 radical (unpaired) electrons. The van der Waals surface area contributed by atoms with Crippen LogP contribution in [0.4, 0.5) is 4.39 Å². The number of nitriles is 1. The molecule has 4 aromatic rings. The van der Waals surface area contributed by atoms with Crippen LogP contribution in [0.5, 0.6) is 11.5 Å². The van der Waals surface area contributed by atoms with Gasteiger partial charge in [-0.25, -0.2) is 14.2 Å². The van der Waals surface area contributed by atoms with Gasteiger partial charge in [0.05, 0.1) is 41.9 Å². The van der Waals surface area contributed by atoms with E-state index in [1.165, 1.54) is 19.2 Å². The van der Waals surface area contributed by atoms with Crippen LogP contribution in [-0.2, 0) is 17.9 Å².